The number of carbonyl (C=O) groups is 1. The van der Waals surface area contributed by atoms with Crippen molar-refractivity contribution in [2.24, 2.45) is 0 Å². The molecule has 0 spiro atoms. The number of rotatable bonds is 4. The van der Waals surface area contributed by atoms with Crippen LogP contribution in [0, 0.1) is 13.8 Å². The average molecular weight is 325 g/mol. The van der Waals surface area contributed by atoms with Gasteiger partial charge in [-0.3, -0.25) is 0 Å². The van der Waals surface area contributed by atoms with Gasteiger partial charge in [0.25, 0.3) is 0 Å². The molecule has 6 heteroatoms. The molecule has 0 amide bonds. The van der Waals surface area contributed by atoms with Gasteiger partial charge in [0.15, 0.2) is 11.9 Å². The maximum Gasteiger partial charge on any atom is 0.346 e. The fraction of sp³-hybridized carbons (Fsp3) is 0.278. The summed E-state index contributed by atoms with van der Waals surface area (Å²) in [6.07, 6.45) is -0.709. The number of pyridine rings is 1. The molecular formula is C18H19N3O3. The summed E-state index contributed by atoms with van der Waals surface area (Å²) in [6, 6.07) is 11.5. The van der Waals surface area contributed by atoms with Crippen LogP contribution in [-0.2, 0) is 9.53 Å². The van der Waals surface area contributed by atoms with Crippen molar-refractivity contribution in [2.75, 3.05) is 7.11 Å². The van der Waals surface area contributed by atoms with Gasteiger partial charge in [-0.15, -0.1) is 0 Å². The third kappa shape index (κ3) is 2.95. The predicted molar refractivity (Wildman–Crippen MR) is 90.4 cm³/mol. The first-order chi connectivity index (χ1) is 11.5. The van der Waals surface area contributed by atoms with Crippen molar-refractivity contribution < 1.29 is 14.3 Å². The van der Waals surface area contributed by atoms with E-state index in [0.717, 1.165) is 16.8 Å². The van der Waals surface area contributed by atoms with Gasteiger partial charge in [0, 0.05) is 11.1 Å². The molecule has 6 nitrogen and oxygen atoms in total. The summed E-state index contributed by atoms with van der Waals surface area (Å²) in [7, 11) is 1.34. The monoisotopic (exact) mass is 325 g/mol. The van der Waals surface area contributed by atoms with Gasteiger partial charge in [0.2, 0.25) is 0 Å². The molecule has 2 heterocycles. The molecule has 0 aliphatic rings. The normalized spacial score (nSPS) is 12.2. The lowest BCUT2D eigenvalue weighted by molar-refractivity contribution is -0.147. The van der Waals surface area contributed by atoms with Gasteiger partial charge in [-0.05, 0) is 45.0 Å². The SMILES string of the molecule is COC(=O)C(C)Oc1cccc2ccc(-n3nc(C)cc3C)nc12. The Morgan fingerprint density at radius 2 is 2.00 bits per heavy atom. The van der Waals surface area contributed by atoms with Crippen LogP contribution in [0.1, 0.15) is 18.3 Å². The van der Waals surface area contributed by atoms with Crippen LogP contribution < -0.4 is 4.74 Å². The van der Waals surface area contributed by atoms with Crippen LogP contribution in [-0.4, -0.2) is 33.9 Å². The summed E-state index contributed by atoms with van der Waals surface area (Å²) in [5, 5.41) is 5.38. The number of esters is 1. The highest BCUT2D eigenvalue weighted by molar-refractivity contribution is 5.86. The fourth-order valence-electron chi connectivity index (χ4n) is 2.59. The molecule has 1 atom stereocenters. The standard InChI is InChI=1S/C18H19N3O3/c1-11-10-12(2)21(20-11)16-9-8-14-6-5-7-15(17(14)19-16)24-13(3)18(22)23-4/h5-10,13H,1-4H3. The molecule has 0 bridgehead atoms. The Hall–Kier alpha value is -2.89. The van der Waals surface area contributed by atoms with Gasteiger partial charge in [0.1, 0.15) is 11.3 Å². The lowest BCUT2D eigenvalue weighted by Crippen LogP contribution is -2.25. The second kappa shape index (κ2) is 6.31. The minimum Gasteiger partial charge on any atom is -0.477 e. The van der Waals surface area contributed by atoms with Crippen LogP contribution in [0.2, 0.25) is 0 Å². The number of hydrogen-bond donors (Lipinski definition) is 0. The molecule has 3 rings (SSSR count). The lowest BCUT2D eigenvalue weighted by atomic mass is 10.2. The number of hydrogen-bond acceptors (Lipinski definition) is 5. The average Bonchev–Trinajstić information content (AvgIpc) is 2.92. The second-order valence-electron chi connectivity index (χ2n) is 5.62. The number of aromatic nitrogens is 3. The van der Waals surface area contributed by atoms with Gasteiger partial charge < -0.3 is 9.47 Å². The predicted octanol–water partition coefficient (Wildman–Crippen LogP) is 2.98. The smallest absolute Gasteiger partial charge is 0.346 e. The summed E-state index contributed by atoms with van der Waals surface area (Å²) in [6.45, 7) is 5.57. The van der Waals surface area contributed by atoms with Crippen molar-refractivity contribution in [1.82, 2.24) is 14.8 Å². The first kappa shape index (κ1) is 16.0. The molecule has 0 saturated carbocycles. The van der Waals surface area contributed by atoms with Crippen LogP contribution in [0.4, 0.5) is 0 Å². The Balaban J connectivity index is 2.06. The van der Waals surface area contributed by atoms with E-state index in [1.807, 2.05) is 44.2 Å². The molecule has 0 radical (unpaired) electrons. The Kier molecular flexibility index (Phi) is 4.20. The van der Waals surface area contributed by atoms with E-state index in [1.54, 1.807) is 17.7 Å². The Labute approximate surface area is 140 Å². The fourth-order valence-corrected chi connectivity index (χ4v) is 2.59. The first-order valence-electron chi connectivity index (χ1n) is 7.67. The number of ether oxygens (including phenoxy) is 2. The summed E-state index contributed by atoms with van der Waals surface area (Å²) in [4.78, 5) is 16.3. The highest BCUT2D eigenvalue weighted by Crippen LogP contribution is 2.26. The van der Waals surface area contributed by atoms with Crippen LogP contribution >= 0.6 is 0 Å². The molecule has 0 aliphatic heterocycles. The van der Waals surface area contributed by atoms with E-state index >= 15 is 0 Å². The molecular weight excluding hydrogens is 306 g/mol. The molecule has 24 heavy (non-hydrogen) atoms. The van der Waals surface area contributed by atoms with Crippen LogP contribution in [0.3, 0.4) is 0 Å². The van der Waals surface area contributed by atoms with Crippen molar-refractivity contribution in [1.29, 1.82) is 0 Å². The Morgan fingerprint density at radius 3 is 2.67 bits per heavy atom. The lowest BCUT2D eigenvalue weighted by Gasteiger charge is -2.14. The molecule has 0 aliphatic carbocycles. The van der Waals surface area contributed by atoms with Crippen LogP contribution in [0.5, 0.6) is 5.75 Å². The Morgan fingerprint density at radius 1 is 1.21 bits per heavy atom. The summed E-state index contributed by atoms with van der Waals surface area (Å²) >= 11 is 0. The zero-order valence-corrected chi connectivity index (χ0v) is 14.1. The molecule has 3 aromatic rings. The van der Waals surface area contributed by atoms with Crippen molar-refractivity contribution in [3.8, 4) is 11.6 Å². The van der Waals surface area contributed by atoms with Crippen LogP contribution in [0.25, 0.3) is 16.7 Å². The Bertz CT molecular complexity index is 902. The van der Waals surface area contributed by atoms with Crippen molar-refractivity contribution in [3.63, 3.8) is 0 Å². The summed E-state index contributed by atoms with van der Waals surface area (Å²) in [5.74, 6) is 0.811. The van der Waals surface area contributed by atoms with E-state index in [-0.39, 0.29) is 0 Å². The highest BCUT2D eigenvalue weighted by Gasteiger charge is 2.17. The first-order valence-corrected chi connectivity index (χ1v) is 7.67. The molecule has 1 aromatic carbocycles. The number of nitrogens with zero attached hydrogens (tertiary/aromatic N) is 3. The second-order valence-corrected chi connectivity index (χ2v) is 5.62. The van der Waals surface area contributed by atoms with E-state index in [1.165, 1.54) is 7.11 Å². The molecule has 0 fully saturated rings. The summed E-state index contributed by atoms with van der Waals surface area (Å²) < 4.78 is 12.2. The molecule has 0 N–H and O–H groups in total. The van der Waals surface area contributed by atoms with Gasteiger partial charge >= 0.3 is 5.97 Å². The number of aryl methyl sites for hydroxylation is 2. The maximum atomic E-state index is 11.6. The van der Waals surface area contributed by atoms with E-state index in [0.29, 0.717) is 17.1 Å². The van der Waals surface area contributed by atoms with E-state index in [2.05, 4.69) is 10.1 Å². The molecule has 1 unspecified atom stereocenters. The molecule has 2 aromatic heterocycles. The maximum absolute atomic E-state index is 11.6. The van der Waals surface area contributed by atoms with Crippen molar-refractivity contribution >= 4 is 16.9 Å². The number of para-hydroxylation sites is 1. The van der Waals surface area contributed by atoms with E-state index in [4.69, 9.17) is 9.47 Å². The minimum atomic E-state index is -0.709. The van der Waals surface area contributed by atoms with E-state index in [9.17, 15) is 4.79 Å². The van der Waals surface area contributed by atoms with Gasteiger partial charge in [-0.2, -0.15) is 5.10 Å². The zero-order valence-electron chi connectivity index (χ0n) is 14.1. The molecule has 124 valence electrons. The number of benzene rings is 1. The molecule has 0 saturated heterocycles. The minimum absolute atomic E-state index is 0.429. The van der Waals surface area contributed by atoms with Crippen molar-refractivity contribution in [3.05, 3.63) is 47.8 Å². The third-order valence-corrected chi connectivity index (χ3v) is 3.73. The van der Waals surface area contributed by atoms with Crippen LogP contribution in [0.15, 0.2) is 36.4 Å². The number of methoxy groups -OCH3 is 1. The number of carbonyl (C=O) groups excluding carboxylic acids is 1. The van der Waals surface area contributed by atoms with Gasteiger partial charge in [-0.25, -0.2) is 14.5 Å². The highest BCUT2D eigenvalue weighted by atomic mass is 16.6. The number of fused-ring (bicyclic) bond motifs is 1. The topological polar surface area (TPSA) is 66.2 Å². The third-order valence-electron chi connectivity index (χ3n) is 3.73. The zero-order chi connectivity index (χ0) is 17.3. The largest absolute Gasteiger partial charge is 0.477 e. The van der Waals surface area contributed by atoms with Crippen molar-refractivity contribution in [2.45, 2.75) is 26.9 Å². The van der Waals surface area contributed by atoms with Gasteiger partial charge in [-0.1, -0.05) is 12.1 Å². The summed E-state index contributed by atoms with van der Waals surface area (Å²) in [5.41, 5.74) is 2.61. The van der Waals surface area contributed by atoms with E-state index < -0.39 is 12.1 Å². The quantitative estimate of drug-likeness (QED) is 0.690. The van der Waals surface area contributed by atoms with Gasteiger partial charge in [0.05, 0.1) is 12.8 Å².